The highest BCUT2D eigenvalue weighted by Gasteiger charge is 2.74. The normalized spacial score (nSPS) is 51.2. The Morgan fingerprint density at radius 1 is 1.16 bits per heavy atom. The maximum atomic E-state index is 13.4. The number of fused-ring (bicyclic) bond motifs is 3. The van der Waals surface area contributed by atoms with Crippen molar-refractivity contribution in [2.24, 2.45) is 34.0 Å². The van der Waals surface area contributed by atoms with Gasteiger partial charge in [0.15, 0.2) is 5.78 Å². The van der Waals surface area contributed by atoms with Crippen LogP contribution >= 0.6 is 0 Å². The summed E-state index contributed by atoms with van der Waals surface area (Å²) in [5.41, 5.74) is -0.801. The Kier molecular flexibility index (Phi) is 3.51. The molecule has 1 spiro atoms. The van der Waals surface area contributed by atoms with Gasteiger partial charge in [0.05, 0.1) is 17.6 Å². The van der Waals surface area contributed by atoms with E-state index in [4.69, 9.17) is 4.74 Å². The molecule has 25 heavy (non-hydrogen) atoms. The van der Waals surface area contributed by atoms with E-state index in [2.05, 4.69) is 13.5 Å². The molecule has 4 saturated carbocycles. The standard InChI is InChI=1S/C21H30O4/c1-11-12-6-7-13-20(4)9-8-15(22)19(2,3)14(20)10-16(23)21(13,17(11)24)18(12)25-5/h12-14,16,18,23H,1,6-10H2,2-5H3/t12?,13?,14-,16-,18?,20+,21?/m1/s1. The van der Waals surface area contributed by atoms with Gasteiger partial charge in [0.2, 0.25) is 0 Å². The monoisotopic (exact) mass is 346 g/mol. The molecule has 0 amide bonds. The molecule has 4 unspecified atom stereocenters. The average Bonchev–Trinajstić information content (AvgIpc) is 2.70. The van der Waals surface area contributed by atoms with Crippen molar-refractivity contribution < 1.29 is 19.4 Å². The number of ether oxygens (including phenoxy) is 1. The Balaban J connectivity index is 1.89. The number of rotatable bonds is 1. The predicted octanol–water partition coefficient (Wildman–Crippen LogP) is 2.93. The molecule has 0 radical (unpaired) electrons. The number of carbonyl (C=O) groups is 2. The topological polar surface area (TPSA) is 63.6 Å². The van der Waals surface area contributed by atoms with E-state index >= 15 is 0 Å². The predicted molar refractivity (Wildman–Crippen MR) is 93.8 cm³/mol. The SMILES string of the molecule is C=C1C(=O)C23C(OC)C1CCC2[C@]1(C)CCC(=O)C(C)(C)[C@H]1C[C@H]3O. The van der Waals surface area contributed by atoms with E-state index in [1.165, 1.54) is 0 Å². The van der Waals surface area contributed by atoms with Crippen molar-refractivity contribution in [3.63, 3.8) is 0 Å². The second kappa shape index (κ2) is 5.04. The summed E-state index contributed by atoms with van der Waals surface area (Å²) in [4.78, 5) is 25.9. The van der Waals surface area contributed by atoms with Gasteiger partial charge < -0.3 is 9.84 Å². The fourth-order valence-corrected chi connectivity index (χ4v) is 7.46. The van der Waals surface area contributed by atoms with Gasteiger partial charge in [-0.1, -0.05) is 27.4 Å². The van der Waals surface area contributed by atoms with Gasteiger partial charge in [0.1, 0.15) is 5.78 Å². The summed E-state index contributed by atoms with van der Waals surface area (Å²) < 4.78 is 5.84. The lowest BCUT2D eigenvalue weighted by Crippen LogP contribution is -2.68. The van der Waals surface area contributed by atoms with E-state index in [1.807, 2.05) is 13.8 Å². The number of methoxy groups -OCH3 is 1. The molecule has 0 aromatic heterocycles. The van der Waals surface area contributed by atoms with Gasteiger partial charge in [-0.25, -0.2) is 0 Å². The third-order valence-corrected chi connectivity index (χ3v) is 8.65. The van der Waals surface area contributed by atoms with Crippen molar-refractivity contribution in [2.45, 2.75) is 65.1 Å². The highest BCUT2D eigenvalue weighted by atomic mass is 16.5. The minimum Gasteiger partial charge on any atom is -0.392 e. The average molecular weight is 346 g/mol. The maximum Gasteiger partial charge on any atom is 0.170 e. The zero-order chi connectivity index (χ0) is 18.4. The number of ketones is 2. The molecule has 4 heteroatoms. The molecule has 4 aliphatic carbocycles. The number of hydrogen-bond acceptors (Lipinski definition) is 4. The summed E-state index contributed by atoms with van der Waals surface area (Å²) in [7, 11) is 1.66. The Morgan fingerprint density at radius 3 is 2.48 bits per heavy atom. The van der Waals surface area contributed by atoms with Gasteiger partial charge >= 0.3 is 0 Å². The second-order valence-electron chi connectivity index (χ2n) is 9.63. The maximum absolute atomic E-state index is 13.4. The third-order valence-electron chi connectivity index (χ3n) is 8.65. The van der Waals surface area contributed by atoms with Gasteiger partial charge in [-0.05, 0) is 48.5 Å². The Hall–Kier alpha value is -1.00. The first kappa shape index (κ1) is 17.4. The van der Waals surface area contributed by atoms with E-state index < -0.39 is 16.9 Å². The summed E-state index contributed by atoms with van der Waals surface area (Å²) >= 11 is 0. The van der Waals surface area contributed by atoms with Crippen LogP contribution in [0.4, 0.5) is 0 Å². The molecule has 4 aliphatic rings. The lowest BCUT2D eigenvalue weighted by molar-refractivity contribution is -0.227. The summed E-state index contributed by atoms with van der Waals surface area (Å²) in [5, 5.41) is 11.3. The number of carbonyl (C=O) groups excluding carboxylic acids is 2. The third kappa shape index (κ3) is 1.76. The molecule has 0 saturated heterocycles. The minimum atomic E-state index is -0.865. The number of Topliss-reactive ketones (excluding diaryl/α,β-unsaturated/α-hetero) is 2. The van der Waals surface area contributed by atoms with Crippen LogP contribution in [0.15, 0.2) is 12.2 Å². The molecular formula is C21H30O4. The van der Waals surface area contributed by atoms with E-state index in [-0.39, 0.29) is 40.8 Å². The molecule has 0 aliphatic heterocycles. The van der Waals surface area contributed by atoms with Crippen LogP contribution in [0.25, 0.3) is 0 Å². The van der Waals surface area contributed by atoms with Crippen LogP contribution in [0.5, 0.6) is 0 Å². The molecule has 7 atom stereocenters. The quantitative estimate of drug-likeness (QED) is 0.742. The van der Waals surface area contributed by atoms with Crippen molar-refractivity contribution in [3.05, 3.63) is 12.2 Å². The first-order valence-electron chi connectivity index (χ1n) is 9.61. The van der Waals surface area contributed by atoms with Crippen LogP contribution in [-0.2, 0) is 14.3 Å². The zero-order valence-corrected chi connectivity index (χ0v) is 15.8. The van der Waals surface area contributed by atoms with E-state index in [9.17, 15) is 14.7 Å². The molecule has 0 heterocycles. The summed E-state index contributed by atoms with van der Waals surface area (Å²) in [6.07, 6.45) is 2.62. The largest absolute Gasteiger partial charge is 0.392 e. The van der Waals surface area contributed by atoms with Crippen molar-refractivity contribution in [1.82, 2.24) is 0 Å². The first-order valence-corrected chi connectivity index (χ1v) is 9.61. The molecule has 2 bridgehead atoms. The van der Waals surface area contributed by atoms with E-state index in [0.717, 1.165) is 19.3 Å². The van der Waals surface area contributed by atoms with Crippen LogP contribution in [0.3, 0.4) is 0 Å². The molecule has 138 valence electrons. The van der Waals surface area contributed by atoms with Crippen LogP contribution in [0.2, 0.25) is 0 Å². The van der Waals surface area contributed by atoms with E-state index in [0.29, 0.717) is 18.4 Å². The Morgan fingerprint density at radius 2 is 1.84 bits per heavy atom. The molecule has 0 aromatic rings. The van der Waals surface area contributed by atoms with Crippen LogP contribution < -0.4 is 0 Å². The second-order valence-corrected chi connectivity index (χ2v) is 9.63. The zero-order valence-electron chi connectivity index (χ0n) is 15.8. The number of aliphatic hydroxyl groups is 1. The summed E-state index contributed by atoms with van der Waals surface area (Å²) in [6, 6.07) is 0. The van der Waals surface area contributed by atoms with Gasteiger partial charge in [0, 0.05) is 24.9 Å². The summed E-state index contributed by atoms with van der Waals surface area (Å²) in [6.45, 7) is 10.4. The Labute approximate surface area is 150 Å². The molecule has 4 nitrogen and oxygen atoms in total. The van der Waals surface area contributed by atoms with Gasteiger partial charge in [0.25, 0.3) is 0 Å². The highest BCUT2D eigenvalue weighted by Crippen LogP contribution is 2.70. The van der Waals surface area contributed by atoms with Gasteiger partial charge in [-0.15, -0.1) is 0 Å². The van der Waals surface area contributed by atoms with Crippen molar-refractivity contribution in [3.8, 4) is 0 Å². The first-order chi connectivity index (χ1) is 11.6. The van der Waals surface area contributed by atoms with Crippen molar-refractivity contribution in [2.75, 3.05) is 7.11 Å². The highest BCUT2D eigenvalue weighted by molar-refractivity contribution is 6.04. The van der Waals surface area contributed by atoms with Gasteiger partial charge in [-0.3, -0.25) is 9.59 Å². The van der Waals surface area contributed by atoms with E-state index in [1.54, 1.807) is 7.11 Å². The molecular weight excluding hydrogens is 316 g/mol. The van der Waals surface area contributed by atoms with Crippen LogP contribution in [0.1, 0.15) is 52.9 Å². The van der Waals surface area contributed by atoms with Crippen molar-refractivity contribution >= 4 is 11.6 Å². The fourth-order valence-electron chi connectivity index (χ4n) is 7.46. The smallest absolute Gasteiger partial charge is 0.170 e. The van der Waals surface area contributed by atoms with Crippen LogP contribution in [-0.4, -0.2) is 36.0 Å². The lowest BCUT2D eigenvalue weighted by atomic mass is 9.39. The number of hydrogen-bond donors (Lipinski definition) is 1. The molecule has 0 aromatic carbocycles. The minimum absolute atomic E-state index is 0.0220. The Bertz CT molecular complexity index is 665. The lowest BCUT2D eigenvalue weighted by Gasteiger charge is -2.65. The van der Waals surface area contributed by atoms with Crippen molar-refractivity contribution in [1.29, 1.82) is 0 Å². The number of aliphatic hydroxyl groups excluding tert-OH is 1. The molecule has 4 rings (SSSR count). The molecule has 1 N–H and O–H groups in total. The van der Waals surface area contributed by atoms with Crippen LogP contribution in [0, 0.1) is 34.0 Å². The molecule has 4 fully saturated rings. The van der Waals surface area contributed by atoms with Gasteiger partial charge in [-0.2, -0.15) is 0 Å². The fraction of sp³-hybridized carbons (Fsp3) is 0.810. The summed E-state index contributed by atoms with van der Waals surface area (Å²) in [5.74, 6) is 0.490.